The van der Waals surface area contributed by atoms with Crippen LogP contribution in [0.2, 0.25) is 5.02 Å². The maximum atomic E-state index is 15.8. The molecule has 0 radical (unpaired) electrons. The van der Waals surface area contributed by atoms with Crippen LogP contribution in [0.1, 0.15) is 15.9 Å². The number of pyridine rings is 1. The number of benzene rings is 3. The minimum absolute atomic E-state index is 0.0621. The summed E-state index contributed by atoms with van der Waals surface area (Å²) in [6, 6.07) is 16.3. The minimum atomic E-state index is -1.38. The zero-order valence-electron chi connectivity index (χ0n) is 22.5. The predicted molar refractivity (Wildman–Crippen MR) is 156 cm³/mol. The molecule has 0 unspecified atom stereocenters. The molecular weight excluding hydrogens is 535 g/mol. The molecule has 208 valence electrons. The Labute approximate surface area is 236 Å². The number of anilines is 2. The van der Waals surface area contributed by atoms with Crippen LogP contribution in [0.4, 0.5) is 15.8 Å². The number of carboxylic acid groups (broad SMARTS) is 1. The molecule has 0 saturated carbocycles. The number of ether oxygens (including phenoxy) is 1. The van der Waals surface area contributed by atoms with Crippen molar-refractivity contribution in [2.24, 2.45) is 0 Å². The topological polar surface area (TPSA) is 78.2 Å². The van der Waals surface area contributed by atoms with Crippen LogP contribution in [0, 0.1) is 5.82 Å². The summed E-state index contributed by atoms with van der Waals surface area (Å²) >= 11 is 6.17. The van der Waals surface area contributed by atoms with Gasteiger partial charge in [-0.3, -0.25) is 4.79 Å². The maximum absolute atomic E-state index is 15.8. The lowest BCUT2D eigenvalue weighted by Gasteiger charge is -2.38. The lowest BCUT2D eigenvalue weighted by molar-refractivity contribution is 0.0695. The van der Waals surface area contributed by atoms with Gasteiger partial charge in [-0.2, -0.15) is 0 Å². The van der Waals surface area contributed by atoms with Crippen LogP contribution in [0.5, 0.6) is 5.75 Å². The van der Waals surface area contributed by atoms with Gasteiger partial charge in [0.05, 0.1) is 12.5 Å². The van der Waals surface area contributed by atoms with Crippen molar-refractivity contribution in [1.82, 2.24) is 9.47 Å². The molecule has 8 nitrogen and oxygen atoms in total. The predicted octanol–water partition coefficient (Wildman–Crippen LogP) is 4.88. The van der Waals surface area contributed by atoms with E-state index < -0.39 is 22.8 Å². The molecule has 4 aromatic rings. The van der Waals surface area contributed by atoms with E-state index in [1.165, 1.54) is 13.3 Å². The summed E-state index contributed by atoms with van der Waals surface area (Å²) in [6.07, 6.45) is 1.29. The first-order valence-electron chi connectivity index (χ1n) is 12.9. The van der Waals surface area contributed by atoms with Crippen LogP contribution in [0.15, 0.2) is 65.6 Å². The Hall–Kier alpha value is -4.08. The number of rotatable bonds is 7. The summed E-state index contributed by atoms with van der Waals surface area (Å²) < 4.78 is 23.2. The first-order chi connectivity index (χ1) is 19.2. The number of aromatic nitrogens is 1. The minimum Gasteiger partial charge on any atom is -0.492 e. The van der Waals surface area contributed by atoms with Crippen molar-refractivity contribution in [3.05, 3.63) is 93.0 Å². The van der Waals surface area contributed by atoms with E-state index in [1.54, 1.807) is 4.57 Å². The van der Waals surface area contributed by atoms with Gasteiger partial charge < -0.3 is 29.1 Å². The normalized spacial score (nSPS) is 13.8. The van der Waals surface area contributed by atoms with Gasteiger partial charge in [-0.25, -0.2) is 9.18 Å². The number of hydrogen-bond acceptors (Lipinski definition) is 6. The molecule has 0 atom stereocenters. The molecule has 1 aliphatic rings. The molecule has 10 heteroatoms. The number of nitrogens with zero attached hydrogens (tertiary/aromatic N) is 4. The molecule has 1 fully saturated rings. The van der Waals surface area contributed by atoms with Gasteiger partial charge in [-0.1, -0.05) is 29.8 Å². The second-order valence-electron chi connectivity index (χ2n) is 10.0. The Balaban J connectivity index is 1.62. The number of carboxylic acids is 1. The highest BCUT2D eigenvalue weighted by Gasteiger charge is 2.28. The molecule has 2 heterocycles. The highest BCUT2D eigenvalue weighted by Crippen LogP contribution is 2.40. The average molecular weight is 565 g/mol. The lowest BCUT2D eigenvalue weighted by atomic mass is 10.1. The number of aromatic carboxylic acids is 1. The first-order valence-corrected chi connectivity index (χ1v) is 13.2. The van der Waals surface area contributed by atoms with E-state index in [4.69, 9.17) is 16.3 Å². The van der Waals surface area contributed by atoms with Gasteiger partial charge in [0.1, 0.15) is 16.8 Å². The molecule has 1 saturated heterocycles. The maximum Gasteiger partial charge on any atom is 0.341 e. The molecule has 1 aromatic heterocycles. The highest BCUT2D eigenvalue weighted by molar-refractivity contribution is 6.30. The number of carbonyl (C=O) groups is 1. The summed E-state index contributed by atoms with van der Waals surface area (Å²) in [4.78, 5) is 31.3. The summed E-state index contributed by atoms with van der Waals surface area (Å²) in [5, 5.41) is 10.4. The quantitative estimate of drug-likeness (QED) is 0.343. The largest absolute Gasteiger partial charge is 0.492 e. The van der Waals surface area contributed by atoms with Crippen LogP contribution in [0.25, 0.3) is 16.6 Å². The summed E-state index contributed by atoms with van der Waals surface area (Å²) in [6.45, 7) is 2.98. The van der Waals surface area contributed by atoms with Gasteiger partial charge in [0.2, 0.25) is 5.43 Å². The van der Waals surface area contributed by atoms with E-state index in [0.29, 0.717) is 42.4 Å². The van der Waals surface area contributed by atoms with Crippen molar-refractivity contribution in [1.29, 1.82) is 0 Å². The second kappa shape index (κ2) is 11.2. The number of hydrogen-bond donors (Lipinski definition) is 1. The fourth-order valence-electron chi connectivity index (χ4n) is 5.25. The van der Waals surface area contributed by atoms with E-state index in [-0.39, 0.29) is 16.8 Å². The number of piperazine rings is 1. The Morgan fingerprint density at radius 2 is 1.70 bits per heavy atom. The van der Waals surface area contributed by atoms with Crippen LogP contribution in [-0.4, -0.2) is 67.9 Å². The van der Waals surface area contributed by atoms with Crippen LogP contribution in [0.3, 0.4) is 0 Å². The van der Waals surface area contributed by atoms with E-state index in [1.807, 2.05) is 72.4 Å². The lowest BCUT2D eigenvalue weighted by Crippen LogP contribution is -2.47. The summed E-state index contributed by atoms with van der Waals surface area (Å²) in [7, 11) is 5.37. The summed E-state index contributed by atoms with van der Waals surface area (Å²) in [5.41, 5.74) is 2.01. The summed E-state index contributed by atoms with van der Waals surface area (Å²) in [5.74, 6) is -1.85. The first kappa shape index (κ1) is 27.5. The zero-order valence-corrected chi connectivity index (χ0v) is 23.3. The fourth-order valence-corrected chi connectivity index (χ4v) is 5.43. The van der Waals surface area contributed by atoms with Crippen LogP contribution in [-0.2, 0) is 6.54 Å². The van der Waals surface area contributed by atoms with Gasteiger partial charge in [-0.05, 0) is 56.1 Å². The molecule has 0 spiro atoms. The standard InChI is InChI=1S/C30H30ClFN4O4/c1-33(2)17-19-7-9-21(10-8-19)36-18-24(30(38)39)28(37)23-16-25(32)27(29(40-3)26(23)36)35-13-11-34(12-14-35)22-6-4-5-20(31)15-22/h4-10,15-16,18H,11-14,17H2,1-3H3,(H,38,39). The molecule has 3 aromatic carbocycles. The van der Waals surface area contributed by atoms with E-state index >= 15 is 4.39 Å². The van der Waals surface area contributed by atoms with E-state index in [2.05, 4.69) is 4.90 Å². The SMILES string of the molecule is COc1c(N2CCN(c3cccc(Cl)c3)CC2)c(F)cc2c(=O)c(C(=O)O)cn(-c3ccc(CN(C)C)cc3)c12. The number of halogens is 2. The van der Waals surface area contributed by atoms with Gasteiger partial charge in [0.15, 0.2) is 11.6 Å². The monoisotopic (exact) mass is 564 g/mol. The third-order valence-corrected chi connectivity index (χ3v) is 7.32. The number of methoxy groups -OCH3 is 1. The number of fused-ring (bicyclic) bond motifs is 1. The van der Waals surface area contributed by atoms with Gasteiger partial charge in [0, 0.05) is 55.3 Å². The highest BCUT2D eigenvalue weighted by atomic mass is 35.5. The molecule has 1 N–H and O–H groups in total. The molecule has 5 rings (SSSR count). The van der Waals surface area contributed by atoms with Crippen LogP contribution < -0.4 is 20.0 Å². The van der Waals surface area contributed by atoms with E-state index in [9.17, 15) is 14.7 Å². The Morgan fingerprint density at radius 1 is 1.02 bits per heavy atom. The van der Waals surface area contributed by atoms with E-state index in [0.717, 1.165) is 23.9 Å². The van der Waals surface area contributed by atoms with Crippen LogP contribution >= 0.6 is 11.6 Å². The smallest absolute Gasteiger partial charge is 0.341 e. The molecule has 0 aliphatic carbocycles. The molecular formula is C30H30ClFN4O4. The average Bonchev–Trinajstić information content (AvgIpc) is 2.93. The molecule has 0 bridgehead atoms. The van der Waals surface area contributed by atoms with Gasteiger partial charge in [-0.15, -0.1) is 0 Å². The van der Waals surface area contributed by atoms with Gasteiger partial charge in [0.25, 0.3) is 0 Å². The molecule has 0 amide bonds. The Morgan fingerprint density at radius 3 is 2.30 bits per heavy atom. The molecule has 40 heavy (non-hydrogen) atoms. The van der Waals surface area contributed by atoms with Crippen molar-refractivity contribution in [2.45, 2.75) is 6.54 Å². The zero-order chi connectivity index (χ0) is 28.6. The van der Waals surface area contributed by atoms with Gasteiger partial charge >= 0.3 is 5.97 Å². The Kier molecular flexibility index (Phi) is 7.69. The van der Waals surface area contributed by atoms with Crippen molar-refractivity contribution >= 4 is 39.8 Å². The van der Waals surface area contributed by atoms with Crippen molar-refractivity contribution in [3.63, 3.8) is 0 Å². The third kappa shape index (κ3) is 5.22. The van der Waals surface area contributed by atoms with Crippen molar-refractivity contribution in [2.75, 3.05) is 57.2 Å². The second-order valence-corrected chi connectivity index (χ2v) is 10.5. The fraction of sp³-hybridized carbons (Fsp3) is 0.267. The Bertz CT molecular complexity index is 1630. The van der Waals surface area contributed by atoms with Crippen molar-refractivity contribution in [3.8, 4) is 11.4 Å². The molecule has 1 aliphatic heterocycles. The third-order valence-electron chi connectivity index (χ3n) is 7.09. The van der Waals surface area contributed by atoms with Crippen molar-refractivity contribution < 1.29 is 19.0 Å².